The van der Waals surface area contributed by atoms with Crippen LogP contribution in [0, 0.1) is 10.5 Å². The van der Waals surface area contributed by atoms with Gasteiger partial charge in [-0.3, -0.25) is 0 Å². The number of halogens is 3. The molecular weight excluding hydrogens is 502 g/mol. The summed E-state index contributed by atoms with van der Waals surface area (Å²) in [7, 11) is -3.72. The molecule has 0 bridgehead atoms. The fourth-order valence-corrected chi connectivity index (χ4v) is 5.06. The van der Waals surface area contributed by atoms with Crippen molar-refractivity contribution in [2.75, 3.05) is 0 Å². The summed E-state index contributed by atoms with van der Waals surface area (Å²) >= 11 is 11.6. The van der Waals surface area contributed by atoms with E-state index in [-0.39, 0.29) is 4.90 Å². The smallest absolute Gasteiger partial charge is 0.236 e. The molecule has 1 aromatic carbocycles. The molecule has 0 unspecified atom stereocenters. The van der Waals surface area contributed by atoms with Crippen LogP contribution in [0.25, 0.3) is 11.0 Å². The molecule has 8 heteroatoms. The van der Waals surface area contributed by atoms with Crippen molar-refractivity contribution in [2.45, 2.75) is 11.8 Å². The Kier molecular flexibility index (Phi) is 4.26. The molecular formula is C14H9BrClIN2O2S. The number of nitrogens with zero attached hydrogens (tertiary/aromatic N) is 2. The number of aromatic nitrogens is 2. The molecule has 0 saturated carbocycles. The highest BCUT2D eigenvalue weighted by atomic mass is 127. The van der Waals surface area contributed by atoms with Gasteiger partial charge >= 0.3 is 0 Å². The quantitative estimate of drug-likeness (QED) is 0.473. The molecule has 0 spiro atoms. The molecule has 114 valence electrons. The monoisotopic (exact) mass is 510 g/mol. The predicted molar refractivity (Wildman–Crippen MR) is 98.9 cm³/mol. The second kappa shape index (κ2) is 5.77. The number of pyridine rings is 1. The molecule has 0 aliphatic heterocycles. The molecule has 2 heterocycles. The first-order valence-corrected chi connectivity index (χ1v) is 9.84. The van der Waals surface area contributed by atoms with E-state index in [9.17, 15) is 8.42 Å². The van der Waals surface area contributed by atoms with E-state index < -0.39 is 10.0 Å². The molecule has 4 nitrogen and oxygen atoms in total. The lowest BCUT2D eigenvalue weighted by atomic mass is 10.2. The van der Waals surface area contributed by atoms with Crippen LogP contribution >= 0.6 is 50.1 Å². The van der Waals surface area contributed by atoms with Crippen molar-refractivity contribution in [1.29, 1.82) is 0 Å². The largest absolute Gasteiger partial charge is 0.269 e. The van der Waals surface area contributed by atoms with Crippen LogP contribution in [-0.2, 0) is 10.0 Å². The van der Waals surface area contributed by atoms with Gasteiger partial charge in [0, 0.05) is 16.0 Å². The van der Waals surface area contributed by atoms with Gasteiger partial charge in [0.05, 0.1) is 19.8 Å². The average Bonchev–Trinajstić information content (AvgIpc) is 2.82. The lowest BCUT2D eigenvalue weighted by molar-refractivity contribution is 0.588. The highest BCUT2D eigenvalue weighted by Crippen LogP contribution is 2.35. The van der Waals surface area contributed by atoms with E-state index in [1.165, 1.54) is 16.4 Å². The van der Waals surface area contributed by atoms with Crippen LogP contribution in [0.5, 0.6) is 0 Å². The second-order valence-corrected chi connectivity index (χ2v) is 8.92. The Morgan fingerprint density at radius 1 is 1.27 bits per heavy atom. The standard InChI is InChI=1S/C14H9BrClIN2O2S/c1-8-2-4-9(5-3-8)22(20,21)19-7-11(17)12-13(16)10(15)6-18-14(12)19/h2-7H,1H3. The normalized spacial score (nSPS) is 12.0. The van der Waals surface area contributed by atoms with E-state index in [1.54, 1.807) is 24.3 Å². The third-order valence-electron chi connectivity index (χ3n) is 3.21. The lowest BCUT2D eigenvalue weighted by Crippen LogP contribution is -2.12. The summed E-state index contributed by atoms with van der Waals surface area (Å²) in [5, 5.41) is 1.07. The van der Waals surface area contributed by atoms with E-state index in [0.717, 1.165) is 9.13 Å². The Hall–Kier alpha value is -0.640. The zero-order valence-corrected chi connectivity index (χ0v) is 16.5. The summed E-state index contributed by atoms with van der Waals surface area (Å²) in [6.45, 7) is 1.91. The molecule has 3 rings (SSSR count). The number of rotatable bonds is 2. The molecule has 0 amide bonds. The Morgan fingerprint density at radius 2 is 1.91 bits per heavy atom. The molecule has 0 aliphatic rings. The van der Waals surface area contributed by atoms with E-state index in [4.69, 9.17) is 11.6 Å². The summed E-state index contributed by atoms with van der Waals surface area (Å²) < 4.78 is 28.2. The van der Waals surface area contributed by atoms with Crippen molar-refractivity contribution in [1.82, 2.24) is 8.96 Å². The van der Waals surface area contributed by atoms with Crippen LogP contribution in [0.1, 0.15) is 5.56 Å². The number of benzene rings is 1. The summed E-state index contributed by atoms with van der Waals surface area (Å²) in [4.78, 5) is 4.43. The van der Waals surface area contributed by atoms with Crippen LogP contribution in [0.3, 0.4) is 0 Å². The molecule has 2 aromatic heterocycles. The first-order valence-electron chi connectivity index (χ1n) is 6.15. The summed E-state index contributed by atoms with van der Waals surface area (Å²) in [5.74, 6) is 0. The summed E-state index contributed by atoms with van der Waals surface area (Å²) in [6, 6.07) is 6.70. The van der Waals surface area contributed by atoms with Crippen LogP contribution < -0.4 is 0 Å². The van der Waals surface area contributed by atoms with Gasteiger partial charge < -0.3 is 0 Å². The molecule has 0 aliphatic carbocycles. The van der Waals surface area contributed by atoms with Gasteiger partial charge in [-0.15, -0.1) is 0 Å². The third kappa shape index (κ3) is 2.57. The molecule has 22 heavy (non-hydrogen) atoms. The average molecular weight is 512 g/mol. The minimum atomic E-state index is -3.72. The molecule has 0 fully saturated rings. The van der Waals surface area contributed by atoms with Crippen molar-refractivity contribution in [3.63, 3.8) is 0 Å². The lowest BCUT2D eigenvalue weighted by Gasteiger charge is -2.07. The molecule has 0 atom stereocenters. The van der Waals surface area contributed by atoms with Gasteiger partial charge in [0.2, 0.25) is 0 Å². The van der Waals surface area contributed by atoms with Crippen molar-refractivity contribution >= 4 is 71.2 Å². The van der Waals surface area contributed by atoms with Gasteiger partial charge in [0.1, 0.15) is 0 Å². The first kappa shape index (κ1) is 16.2. The SMILES string of the molecule is Cc1ccc(S(=O)(=O)n2cc(I)c3c(Cl)c(Br)cnc32)cc1. The van der Waals surface area contributed by atoms with E-state index in [2.05, 4.69) is 43.5 Å². The highest BCUT2D eigenvalue weighted by molar-refractivity contribution is 14.1. The maximum atomic E-state index is 12.8. The minimum absolute atomic E-state index is 0.215. The van der Waals surface area contributed by atoms with Gasteiger partial charge in [-0.2, -0.15) is 0 Å². The summed E-state index contributed by atoms with van der Waals surface area (Å²) in [6.07, 6.45) is 3.04. The number of hydrogen-bond acceptors (Lipinski definition) is 3. The van der Waals surface area contributed by atoms with Crippen LogP contribution in [0.15, 0.2) is 46.0 Å². The van der Waals surface area contributed by atoms with E-state index in [0.29, 0.717) is 20.5 Å². The van der Waals surface area contributed by atoms with Gasteiger partial charge in [-0.05, 0) is 57.6 Å². The van der Waals surface area contributed by atoms with Crippen LogP contribution in [0.4, 0.5) is 0 Å². The van der Waals surface area contributed by atoms with Crippen molar-refractivity contribution < 1.29 is 8.42 Å². The molecule has 0 N–H and O–H groups in total. The van der Waals surface area contributed by atoms with Crippen molar-refractivity contribution in [2.24, 2.45) is 0 Å². The minimum Gasteiger partial charge on any atom is -0.236 e. The zero-order valence-electron chi connectivity index (χ0n) is 11.2. The van der Waals surface area contributed by atoms with Gasteiger partial charge in [-0.25, -0.2) is 17.4 Å². The number of hydrogen-bond donors (Lipinski definition) is 0. The Balaban J connectivity index is 2.31. The maximum absolute atomic E-state index is 12.8. The predicted octanol–water partition coefficient (Wildman–Crippen LogP) is 4.60. The Morgan fingerprint density at radius 3 is 2.55 bits per heavy atom. The van der Waals surface area contributed by atoms with Gasteiger partial charge in [0.25, 0.3) is 10.0 Å². The second-order valence-electron chi connectivity index (χ2n) is 4.71. The molecule has 3 aromatic rings. The number of fused-ring (bicyclic) bond motifs is 1. The fraction of sp³-hybridized carbons (Fsp3) is 0.0714. The highest BCUT2D eigenvalue weighted by Gasteiger charge is 2.23. The Bertz CT molecular complexity index is 984. The molecule has 0 saturated heterocycles. The van der Waals surface area contributed by atoms with Crippen LogP contribution in [-0.4, -0.2) is 17.4 Å². The summed E-state index contributed by atoms with van der Waals surface area (Å²) in [5.41, 5.74) is 1.31. The molecule has 0 radical (unpaired) electrons. The van der Waals surface area contributed by atoms with Crippen LogP contribution in [0.2, 0.25) is 5.02 Å². The maximum Gasteiger partial charge on any atom is 0.269 e. The fourth-order valence-electron chi connectivity index (χ4n) is 2.07. The van der Waals surface area contributed by atoms with Gasteiger partial charge in [-0.1, -0.05) is 29.3 Å². The van der Waals surface area contributed by atoms with Crippen molar-refractivity contribution in [3.05, 3.63) is 55.3 Å². The van der Waals surface area contributed by atoms with E-state index in [1.807, 2.05) is 6.92 Å². The first-order chi connectivity index (χ1) is 10.3. The third-order valence-corrected chi connectivity index (χ3v) is 6.91. The Labute approximate surface area is 154 Å². The van der Waals surface area contributed by atoms with Crippen molar-refractivity contribution in [3.8, 4) is 0 Å². The van der Waals surface area contributed by atoms with E-state index >= 15 is 0 Å². The number of aryl methyl sites for hydroxylation is 1. The topological polar surface area (TPSA) is 52.0 Å². The van der Waals surface area contributed by atoms with Gasteiger partial charge in [0.15, 0.2) is 5.65 Å². The zero-order chi connectivity index (χ0) is 16.1.